The average molecular weight is 320 g/mol. The second-order valence-corrected chi connectivity index (χ2v) is 8.48. The molecule has 0 aliphatic carbocycles. The zero-order valence-corrected chi connectivity index (χ0v) is 14.1. The largest absolute Gasteiger partial charge is 0.396 e. The van der Waals surface area contributed by atoms with Gasteiger partial charge in [-0.25, -0.2) is 8.42 Å². The molecule has 1 rings (SSSR count). The fraction of sp³-hybridized carbons (Fsp3) is 0.929. The number of amides is 1. The first kappa shape index (κ1) is 18.4. The summed E-state index contributed by atoms with van der Waals surface area (Å²) in [6, 6.07) is -0.577. The minimum atomic E-state index is -3.34. The molecule has 0 spiro atoms. The number of nitrogens with one attached hydrogen (secondary N) is 1. The molecule has 0 aromatic heterocycles. The Morgan fingerprint density at radius 1 is 1.43 bits per heavy atom. The molecule has 1 heterocycles. The molecule has 1 fully saturated rings. The molecule has 21 heavy (non-hydrogen) atoms. The van der Waals surface area contributed by atoms with Crippen LogP contribution in [0.15, 0.2) is 0 Å². The van der Waals surface area contributed by atoms with Gasteiger partial charge in [-0.1, -0.05) is 20.8 Å². The highest BCUT2D eigenvalue weighted by molar-refractivity contribution is 7.89. The summed E-state index contributed by atoms with van der Waals surface area (Å²) in [6.45, 7) is 6.68. The van der Waals surface area contributed by atoms with Gasteiger partial charge in [0.1, 0.15) is 6.04 Å². The lowest BCUT2D eigenvalue weighted by molar-refractivity contribution is -0.124. The molecule has 6 nitrogen and oxygen atoms in total. The Morgan fingerprint density at radius 2 is 2.10 bits per heavy atom. The molecule has 1 unspecified atom stereocenters. The van der Waals surface area contributed by atoms with Gasteiger partial charge in [-0.15, -0.1) is 0 Å². The van der Waals surface area contributed by atoms with Crippen molar-refractivity contribution in [2.45, 2.75) is 52.5 Å². The molecule has 1 atom stereocenters. The second-order valence-electron chi connectivity index (χ2n) is 6.44. The highest BCUT2D eigenvalue weighted by atomic mass is 32.2. The van der Waals surface area contributed by atoms with E-state index in [4.69, 9.17) is 5.11 Å². The van der Waals surface area contributed by atoms with E-state index in [1.54, 1.807) is 0 Å². The summed E-state index contributed by atoms with van der Waals surface area (Å²) in [4.78, 5) is 12.3. The molecular weight excluding hydrogens is 292 g/mol. The highest BCUT2D eigenvalue weighted by Gasteiger charge is 2.38. The lowest BCUT2D eigenvalue weighted by Gasteiger charge is -2.27. The van der Waals surface area contributed by atoms with Crippen LogP contribution in [0.5, 0.6) is 0 Å². The van der Waals surface area contributed by atoms with E-state index in [-0.39, 0.29) is 23.7 Å². The SMILES string of the molecule is CCCS(=O)(=O)N1CCCC1C(=O)NCC(C)(C)CCO. The monoisotopic (exact) mass is 320 g/mol. The fourth-order valence-electron chi connectivity index (χ4n) is 2.55. The van der Waals surface area contributed by atoms with Gasteiger partial charge < -0.3 is 10.4 Å². The van der Waals surface area contributed by atoms with Crippen LogP contribution in [0, 0.1) is 5.41 Å². The van der Waals surface area contributed by atoms with Gasteiger partial charge in [-0.05, 0) is 31.1 Å². The first-order chi connectivity index (χ1) is 9.73. The van der Waals surface area contributed by atoms with E-state index in [0.717, 1.165) is 6.42 Å². The molecule has 0 aromatic rings. The number of sulfonamides is 1. The number of rotatable bonds is 8. The van der Waals surface area contributed by atoms with Crippen LogP contribution in [0.2, 0.25) is 0 Å². The Balaban J connectivity index is 2.65. The van der Waals surface area contributed by atoms with Gasteiger partial charge >= 0.3 is 0 Å². The van der Waals surface area contributed by atoms with Crippen LogP contribution in [-0.2, 0) is 14.8 Å². The number of hydrogen-bond donors (Lipinski definition) is 2. The van der Waals surface area contributed by atoms with Crippen LogP contribution < -0.4 is 5.32 Å². The number of aliphatic hydroxyl groups is 1. The normalized spacial score (nSPS) is 20.7. The van der Waals surface area contributed by atoms with Crippen molar-refractivity contribution in [2.75, 3.05) is 25.4 Å². The van der Waals surface area contributed by atoms with Crippen molar-refractivity contribution in [2.24, 2.45) is 5.41 Å². The fourth-order valence-corrected chi connectivity index (χ4v) is 4.29. The molecule has 0 radical (unpaired) electrons. The molecule has 7 heteroatoms. The van der Waals surface area contributed by atoms with Gasteiger partial charge in [0.2, 0.25) is 15.9 Å². The molecule has 0 saturated carbocycles. The Hall–Kier alpha value is -0.660. The highest BCUT2D eigenvalue weighted by Crippen LogP contribution is 2.23. The third-order valence-electron chi connectivity index (χ3n) is 3.86. The van der Waals surface area contributed by atoms with E-state index in [9.17, 15) is 13.2 Å². The van der Waals surface area contributed by atoms with Crippen molar-refractivity contribution in [1.82, 2.24) is 9.62 Å². The van der Waals surface area contributed by atoms with Crippen LogP contribution >= 0.6 is 0 Å². The Kier molecular flexibility index (Phi) is 6.62. The number of aliphatic hydroxyl groups excluding tert-OH is 1. The van der Waals surface area contributed by atoms with E-state index in [1.807, 2.05) is 20.8 Å². The van der Waals surface area contributed by atoms with E-state index >= 15 is 0 Å². The molecular formula is C14H28N2O4S. The molecule has 2 N–H and O–H groups in total. The van der Waals surface area contributed by atoms with Crippen LogP contribution in [0.4, 0.5) is 0 Å². The van der Waals surface area contributed by atoms with Crippen LogP contribution in [0.1, 0.15) is 46.5 Å². The molecule has 0 aromatic carbocycles. The summed E-state index contributed by atoms with van der Waals surface area (Å²) in [5, 5.41) is 11.8. The smallest absolute Gasteiger partial charge is 0.238 e. The van der Waals surface area contributed by atoms with Crippen molar-refractivity contribution in [1.29, 1.82) is 0 Å². The van der Waals surface area contributed by atoms with E-state index in [0.29, 0.717) is 32.4 Å². The minimum absolute atomic E-state index is 0.0727. The Bertz CT molecular complexity index is 448. The summed E-state index contributed by atoms with van der Waals surface area (Å²) in [7, 11) is -3.34. The average Bonchev–Trinajstić information content (AvgIpc) is 2.86. The van der Waals surface area contributed by atoms with Crippen LogP contribution in [-0.4, -0.2) is 55.2 Å². The number of nitrogens with zero attached hydrogens (tertiary/aromatic N) is 1. The van der Waals surface area contributed by atoms with Crippen molar-refractivity contribution in [3.05, 3.63) is 0 Å². The van der Waals surface area contributed by atoms with E-state index in [2.05, 4.69) is 5.32 Å². The second kappa shape index (κ2) is 7.56. The Labute approximate surface area is 128 Å². The van der Waals surface area contributed by atoms with Crippen molar-refractivity contribution >= 4 is 15.9 Å². The van der Waals surface area contributed by atoms with E-state index in [1.165, 1.54) is 4.31 Å². The lowest BCUT2D eigenvalue weighted by Crippen LogP contribution is -2.48. The summed E-state index contributed by atoms with van der Waals surface area (Å²) < 4.78 is 25.7. The summed E-state index contributed by atoms with van der Waals surface area (Å²) >= 11 is 0. The van der Waals surface area contributed by atoms with Gasteiger partial charge in [-0.3, -0.25) is 4.79 Å². The van der Waals surface area contributed by atoms with Gasteiger partial charge in [0.25, 0.3) is 0 Å². The van der Waals surface area contributed by atoms with Gasteiger partial charge in [0.05, 0.1) is 5.75 Å². The molecule has 1 aliphatic heterocycles. The third-order valence-corrected chi connectivity index (χ3v) is 5.93. The number of carbonyl (C=O) groups is 1. The molecule has 1 amide bonds. The van der Waals surface area contributed by atoms with Crippen LogP contribution in [0.3, 0.4) is 0 Å². The summed E-state index contributed by atoms with van der Waals surface area (Å²) in [5.41, 5.74) is -0.198. The first-order valence-electron chi connectivity index (χ1n) is 7.61. The molecule has 1 aliphatic rings. The summed E-state index contributed by atoms with van der Waals surface area (Å²) in [6.07, 6.45) is 2.45. The zero-order chi connectivity index (χ0) is 16.1. The standard InChI is InChI=1S/C14H28N2O4S/c1-4-10-21(19,20)16-8-5-6-12(16)13(18)15-11-14(2,3)7-9-17/h12,17H,4-11H2,1-3H3,(H,15,18). The van der Waals surface area contributed by atoms with Gasteiger partial charge in [0, 0.05) is 19.7 Å². The first-order valence-corrected chi connectivity index (χ1v) is 9.22. The van der Waals surface area contributed by atoms with Gasteiger partial charge in [0.15, 0.2) is 0 Å². The van der Waals surface area contributed by atoms with Gasteiger partial charge in [-0.2, -0.15) is 4.31 Å². The predicted octanol–water partition coefficient (Wildman–Crippen LogP) is 0.715. The Morgan fingerprint density at radius 3 is 2.67 bits per heavy atom. The van der Waals surface area contributed by atoms with Crippen molar-refractivity contribution < 1.29 is 18.3 Å². The zero-order valence-electron chi connectivity index (χ0n) is 13.3. The third kappa shape index (κ3) is 5.23. The maximum absolute atomic E-state index is 12.3. The van der Waals surface area contributed by atoms with Crippen molar-refractivity contribution in [3.8, 4) is 0 Å². The minimum Gasteiger partial charge on any atom is -0.396 e. The predicted molar refractivity (Wildman–Crippen MR) is 82.3 cm³/mol. The summed E-state index contributed by atoms with van der Waals surface area (Å²) in [5.74, 6) is -0.134. The topological polar surface area (TPSA) is 86.7 Å². The van der Waals surface area contributed by atoms with Crippen molar-refractivity contribution in [3.63, 3.8) is 0 Å². The maximum atomic E-state index is 12.3. The maximum Gasteiger partial charge on any atom is 0.238 e. The number of carbonyl (C=O) groups excluding carboxylic acids is 1. The molecule has 0 bridgehead atoms. The molecule has 124 valence electrons. The van der Waals surface area contributed by atoms with E-state index < -0.39 is 16.1 Å². The van der Waals surface area contributed by atoms with Crippen LogP contribution in [0.25, 0.3) is 0 Å². The molecule has 1 saturated heterocycles. The quantitative estimate of drug-likeness (QED) is 0.690. The number of hydrogen-bond acceptors (Lipinski definition) is 4. The lowest BCUT2D eigenvalue weighted by atomic mass is 9.89.